The fourth-order valence-corrected chi connectivity index (χ4v) is 6.03. The minimum Gasteiger partial charge on any atom is -0.394 e. The number of fused-ring (bicyclic) bond motifs is 1. The second kappa shape index (κ2) is 10.6. The number of rotatable bonds is 9. The van der Waals surface area contributed by atoms with Gasteiger partial charge in [-0.2, -0.15) is 0 Å². The lowest BCUT2D eigenvalue weighted by atomic mass is 10.1. The van der Waals surface area contributed by atoms with Crippen molar-refractivity contribution in [3.05, 3.63) is 78.1 Å². The summed E-state index contributed by atoms with van der Waals surface area (Å²) in [6.45, 7) is 7.06. The third kappa shape index (κ3) is 5.44. The molecule has 1 atom stereocenters. The SMILES string of the molecule is OCC(Nc1ncnc2sc(-c3ccc(CN4CCN(CC5CC5)CC4)cc3)cc12)c1ccccc1. The summed E-state index contributed by atoms with van der Waals surface area (Å²) < 4.78 is 0. The zero-order valence-corrected chi connectivity index (χ0v) is 21.3. The van der Waals surface area contributed by atoms with Crippen molar-refractivity contribution in [2.45, 2.75) is 25.4 Å². The summed E-state index contributed by atoms with van der Waals surface area (Å²) in [7, 11) is 0. The van der Waals surface area contributed by atoms with Gasteiger partial charge in [-0.1, -0.05) is 54.6 Å². The van der Waals surface area contributed by atoms with Crippen LogP contribution in [0.1, 0.15) is 30.0 Å². The molecule has 2 aliphatic rings. The minimum absolute atomic E-state index is 0.0104. The topological polar surface area (TPSA) is 64.5 Å². The molecular weight excluding hydrogens is 466 g/mol. The number of benzene rings is 2. The summed E-state index contributed by atoms with van der Waals surface area (Å²) in [4.78, 5) is 16.4. The van der Waals surface area contributed by atoms with Gasteiger partial charge in [-0.25, -0.2) is 9.97 Å². The Balaban J connectivity index is 1.13. The van der Waals surface area contributed by atoms with Crippen molar-refractivity contribution < 1.29 is 5.11 Å². The van der Waals surface area contributed by atoms with Gasteiger partial charge in [0.15, 0.2) is 0 Å². The van der Waals surface area contributed by atoms with Crippen molar-refractivity contribution in [3.63, 3.8) is 0 Å². The molecule has 6 nitrogen and oxygen atoms in total. The van der Waals surface area contributed by atoms with Gasteiger partial charge in [0.1, 0.15) is 17.0 Å². The summed E-state index contributed by atoms with van der Waals surface area (Å²) >= 11 is 1.68. The molecule has 7 heteroatoms. The molecule has 1 aliphatic carbocycles. The Morgan fingerprint density at radius 1 is 0.944 bits per heavy atom. The molecule has 1 saturated carbocycles. The van der Waals surface area contributed by atoms with Crippen molar-refractivity contribution in [2.75, 3.05) is 44.6 Å². The highest BCUT2D eigenvalue weighted by Crippen LogP contribution is 2.36. The van der Waals surface area contributed by atoms with Gasteiger partial charge in [0.2, 0.25) is 0 Å². The van der Waals surface area contributed by atoms with E-state index < -0.39 is 0 Å². The summed E-state index contributed by atoms with van der Waals surface area (Å²) in [5, 5.41) is 14.4. The fourth-order valence-electron chi connectivity index (χ4n) is 5.03. The Morgan fingerprint density at radius 2 is 1.69 bits per heavy atom. The molecule has 2 fully saturated rings. The van der Waals surface area contributed by atoms with Gasteiger partial charge in [-0.3, -0.25) is 4.90 Å². The number of hydrogen-bond donors (Lipinski definition) is 2. The van der Waals surface area contributed by atoms with Crippen LogP contribution in [0.3, 0.4) is 0 Å². The molecule has 1 aliphatic heterocycles. The molecule has 0 spiro atoms. The molecule has 2 aromatic carbocycles. The second-order valence-electron chi connectivity index (χ2n) is 10.1. The van der Waals surface area contributed by atoms with Gasteiger partial charge in [-0.05, 0) is 41.5 Å². The molecule has 36 heavy (non-hydrogen) atoms. The normalized spacial score (nSPS) is 17.9. The maximum Gasteiger partial charge on any atom is 0.138 e. The monoisotopic (exact) mass is 499 g/mol. The highest BCUT2D eigenvalue weighted by Gasteiger charge is 2.26. The van der Waals surface area contributed by atoms with Crippen LogP contribution >= 0.6 is 11.3 Å². The number of aliphatic hydroxyl groups is 1. The van der Waals surface area contributed by atoms with E-state index in [1.54, 1.807) is 17.7 Å². The Hall–Kier alpha value is -2.84. The van der Waals surface area contributed by atoms with Crippen LogP contribution in [0.5, 0.6) is 0 Å². The Bertz CT molecular complexity index is 1280. The van der Waals surface area contributed by atoms with Gasteiger partial charge in [0.05, 0.1) is 18.0 Å². The highest BCUT2D eigenvalue weighted by atomic mass is 32.1. The molecule has 0 radical (unpaired) electrons. The van der Waals surface area contributed by atoms with Gasteiger partial charge in [0, 0.05) is 44.1 Å². The number of nitrogens with zero attached hydrogens (tertiary/aromatic N) is 4. The first kappa shape index (κ1) is 23.6. The van der Waals surface area contributed by atoms with Crippen molar-refractivity contribution >= 4 is 27.4 Å². The van der Waals surface area contributed by atoms with E-state index in [1.807, 2.05) is 30.3 Å². The smallest absolute Gasteiger partial charge is 0.138 e. The van der Waals surface area contributed by atoms with Crippen LogP contribution < -0.4 is 5.32 Å². The molecule has 186 valence electrons. The zero-order valence-electron chi connectivity index (χ0n) is 20.5. The molecular formula is C29H33N5OS. The Labute approximate surface area is 216 Å². The molecule has 6 rings (SSSR count). The van der Waals surface area contributed by atoms with E-state index in [2.05, 4.69) is 55.4 Å². The maximum absolute atomic E-state index is 9.98. The predicted molar refractivity (Wildman–Crippen MR) is 147 cm³/mol. The maximum atomic E-state index is 9.98. The van der Waals surface area contributed by atoms with Crippen LogP contribution in [0, 0.1) is 5.92 Å². The lowest BCUT2D eigenvalue weighted by Gasteiger charge is -2.34. The average molecular weight is 500 g/mol. The Kier molecular flexibility index (Phi) is 6.96. The molecule has 4 aromatic rings. The molecule has 0 bridgehead atoms. The van der Waals surface area contributed by atoms with Crippen LogP contribution in [0.4, 0.5) is 5.82 Å². The molecule has 2 aromatic heterocycles. The van der Waals surface area contributed by atoms with Gasteiger partial charge >= 0.3 is 0 Å². The molecule has 1 unspecified atom stereocenters. The summed E-state index contributed by atoms with van der Waals surface area (Å²) in [5.41, 5.74) is 3.59. The number of hydrogen-bond acceptors (Lipinski definition) is 7. The highest BCUT2D eigenvalue weighted by molar-refractivity contribution is 7.21. The summed E-state index contributed by atoms with van der Waals surface area (Å²) in [5.74, 6) is 1.73. The van der Waals surface area contributed by atoms with Gasteiger partial charge in [0.25, 0.3) is 0 Å². The number of aliphatic hydroxyl groups excluding tert-OH is 1. The molecule has 1 saturated heterocycles. The second-order valence-corrected chi connectivity index (χ2v) is 11.1. The molecule has 3 heterocycles. The number of thiophene rings is 1. The summed E-state index contributed by atoms with van der Waals surface area (Å²) in [6.07, 6.45) is 4.47. The van der Waals surface area contributed by atoms with E-state index in [0.29, 0.717) is 0 Å². The molecule has 0 amide bonds. The Morgan fingerprint density at radius 3 is 2.42 bits per heavy atom. The first-order valence-corrected chi connectivity index (χ1v) is 13.8. The van der Waals surface area contributed by atoms with Crippen LogP contribution in [-0.4, -0.2) is 64.2 Å². The number of nitrogens with one attached hydrogen (secondary N) is 1. The first-order chi connectivity index (χ1) is 17.7. The van der Waals surface area contributed by atoms with Crippen molar-refractivity contribution in [3.8, 4) is 10.4 Å². The lowest BCUT2D eigenvalue weighted by Crippen LogP contribution is -2.46. The third-order valence-electron chi connectivity index (χ3n) is 7.35. The first-order valence-electron chi connectivity index (χ1n) is 13.0. The van der Waals surface area contributed by atoms with Crippen molar-refractivity contribution in [2.24, 2.45) is 5.92 Å². The van der Waals surface area contributed by atoms with Crippen LogP contribution in [0.2, 0.25) is 0 Å². The van der Waals surface area contributed by atoms with E-state index in [0.717, 1.165) is 47.2 Å². The largest absolute Gasteiger partial charge is 0.394 e. The number of aromatic nitrogens is 2. The fraction of sp³-hybridized carbons (Fsp3) is 0.379. The van der Waals surface area contributed by atoms with Crippen LogP contribution in [0.15, 0.2) is 67.0 Å². The number of anilines is 1. The molecule has 2 N–H and O–H groups in total. The van der Waals surface area contributed by atoms with Crippen LogP contribution in [0.25, 0.3) is 20.7 Å². The van der Waals surface area contributed by atoms with Crippen LogP contribution in [-0.2, 0) is 6.54 Å². The minimum atomic E-state index is -0.220. The number of piperazine rings is 1. The third-order valence-corrected chi connectivity index (χ3v) is 8.44. The predicted octanol–water partition coefficient (Wildman–Crippen LogP) is 5.03. The van der Waals surface area contributed by atoms with Gasteiger partial charge in [-0.15, -0.1) is 11.3 Å². The van der Waals surface area contributed by atoms with E-state index in [4.69, 9.17) is 0 Å². The van der Waals surface area contributed by atoms with Gasteiger partial charge < -0.3 is 15.3 Å². The standard InChI is InChI=1S/C29H33N5OS/c35-19-26(23-4-2-1-3-5-23)32-28-25-16-27(36-29(25)31-20-30-28)24-10-8-22(9-11-24)18-34-14-12-33(13-15-34)17-21-6-7-21/h1-5,8-11,16,20-21,26,35H,6-7,12-15,17-19H2,(H,30,31,32). The van der Waals surface area contributed by atoms with E-state index in [-0.39, 0.29) is 12.6 Å². The average Bonchev–Trinajstić information content (AvgIpc) is 3.63. The van der Waals surface area contributed by atoms with E-state index in [1.165, 1.54) is 48.5 Å². The quantitative estimate of drug-likeness (QED) is 0.337. The van der Waals surface area contributed by atoms with Crippen molar-refractivity contribution in [1.82, 2.24) is 19.8 Å². The van der Waals surface area contributed by atoms with E-state index >= 15 is 0 Å². The van der Waals surface area contributed by atoms with Crippen molar-refractivity contribution in [1.29, 1.82) is 0 Å². The zero-order chi connectivity index (χ0) is 24.3. The van der Waals surface area contributed by atoms with E-state index in [9.17, 15) is 5.11 Å². The summed E-state index contributed by atoms with van der Waals surface area (Å²) in [6, 6.07) is 20.9. The lowest BCUT2D eigenvalue weighted by molar-refractivity contribution is 0.123.